The summed E-state index contributed by atoms with van der Waals surface area (Å²) in [6.07, 6.45) is 4.34. The SMILES string of the molecule is CCCCCOc1ccc(Cn2c(C)nc3ccc(C(=O)N=S(=O)=O)nc32)c(Cl)c1.CCCN. The van der Waals surface area contributed by atoms with Crippen LogP contribution in [0.15, 0.2) is 34.7 Å². The normalized spacial score (nSPS) is 10.5. The first kappa shape index (κ1) is 27.4. The first-order chi connectivity index (χ1) is 16.3. The maximum absolute atomic E-state index is 11.9. The Morgan fingerprint density at radius 2 is 1.88 bits per heavy atom. The number of pyridine rings is 1. The van der Waals surface area contributed by atoms with Gasteiger partial charge in [-0.25, -0.2) is 9.97 Å². The molecule has 2 aromatic heterocycles. The van der Waals surface area contributed by atoms with E-state index in [1.54, 1.807) is 12.1 Å². The lowest BCUT2D eigenvalue weighted by Gasteiger charge is -2.11. The molecule has 1 aromatic carbocycles. The molecule has 34 heavy (non-hydrogen) atoms. The molecule has 3 rings (SSSR count). The Kier molecular flexibility index (Phi) is 11.1. The quantitative estimate of drug-likeness (QED) is 0.420. The predicted octanol–water partition coefficient (Wildman–Crippen LogP) is 4.57. The van der Waals surface area contributed by atoms with Gasteiger partial charge in [0.25, 0.3) is 0 Å². The molecular weight excluding hydrogens is 478 g/mol. The first-order valence-electron chi connectivity index (χ1n) is 11.1. The zero-order chi connectivity index (χ0) is 25.1. The molecule has 0 saturated heterocycles. The van der Waals surface area contributed by atoms with Crippen LogP contribution in [0.3, 0.4) is 0 Å². The Labute approximate surface area is 206 Å². The van der Waals surface area contributed by atoms with Crippen molar-refractivity contribution in [1.82, 2.24) is 14.5 Å². The van der Waals surface area contributed by atoms with Crippen molar-refractivity contribution in [2.75, 3.05) is 13.2 Å². The minimum atomic E-state index is -2.84. The Balaban J connectivity index is 0.000000945. The van der Waals surface area contributed by atoms with Crippen molar-refractivity contribution in [2.24, 2.45) is 10.1 Å². The number of hydrogen-bond acceptors (Lipinski definition) is 7. The van der Waals surface area contributed by atoms with Crippen LogP contribution in [-0.2, 0) is 17.0 Å². The summed E-state index contributed by atoms with van der Waals surface area (Å²) in [7, 11) is -2.84. The highest BCUT2D eigenvalue weighted by Gasteiger charge is 2.15. The number of nitrogens with zero attached hydrogens (tertiary/aromatic N) is 4. The molecule has 11 heteroatoms. The number of ether oxygens (including phenoxy) is 1. The number of carbonyl (C=O) groups is 1. The number of unbranched alkanes of at least 4 members (excludes halogenated alkanes) is 2. The molecule has 3 aromatic rings. The summed E-state index contributed by atoms with van der Waals surface area (Å²) in [4.78, 5) is 20.6. The van der Waals surface area contributed by atoms with Gasteiger partial charge < -0.3 is 15.0 Å². The van der Waals surface area contributed by atoms with E-state index in [1.807, 2.05) is 23.6 Å². The second-order valence-corrected chi connectivity index (χ2v) is 8.52. The van der Waals surface area contributed by atoms with E-state index < -0.39 is 16.4 Å². The number of amides is 1. The summed E-state index contributed by atoms with van der Waals surface area (Å²) >= 11 is 6.46. The summed E-state index contributed by atoms with van der Waals surface area (Å²) in [5, 5.41) is 0.549. The number of imidazole rings is 1. The molecule has 0 spiro atoms. The fourth-order valence-electron chi connectivity index (χ4n) is 3.00. The first-order valence-corrected chi connectivity index (χ1v) is 12.5. The van der Waals surface area contributed by atoms with E-state index in [4.69, 9.17) is 22.1 Å². The summed E-state index contributed by atoms with van der Waals surface area (Å²) in [5.41, 5.74) is 6.82. The zero-order valence-electron chi connectivity index (χ0n) is 19.6. The predicted molar refractivity (Wildman–Crippen MR) is 133 cm³/mol. The Morgan fingerprint density at radius 3 is 2.50 bits per heavy atom. The number of rotatable bonds is 9. The van der Waals surface area contributed by atoms with E-state index in [0.717, 1.165) is 37.8 Å². The lowest BCUT2D eigenvalue weighted by molar-refractivity contribution is 0.100. The van der Waals surface area contributed by atoms with Crippen molar-refractivity contribution >= 4 is 39.2 Å². The molecule has 184 valence electrons. The van der Waals surface area contributed by atoms with Crippen molar-refractivity contribution in [3.8, 4) is 5.75 Å². The number of aryl methyl sites for hydroxylation is 1. The van der Waals surface area contributed by atoms with E-state index in [-0.39, 0.29) is 5.69 Å². The fraction of sp³-hybridized carbons (Fsp3) is 0.435. The largest absolute Gasteiger partial charge is 0.494 e. The lowest BCUT2D eigenvalue weighted by Crippen LogP contribution is -2.06. The summed E-state index contributed by atoms with van der Waals surface area (Å²) in [6.45, 7) is 7.86. The monoisotopic (exact) mass is 507 g/mol. The van der Waals surface area contributed by atoms with Crippen molar-refractivity contribution in [3.05, 3.63) is 52.4 Å². The fourth-order valence-corrected chi connectivity index (χ4v) is 3.46. The highest BCUT2D eigenvalue weighted by Crippen LogP contribution is 2.25. The molecule has 0 aliphatic carbocycles. The van der Waals surface area contributed by atoms with Crippen LogP contribution in [0, 0.1) is 6.92 Å². The third-order valence-electron chi connectivity index (χ3n) is 4.82. The van der Waals surface area contributed by atoms with E-state index in [9.17, 15) is 13.2 Å². The average Bonchev–Trinajstić information content (AvgIpc) is 3.12. The Morgan fingerprint density at radius 1 is 1.15 bits per heavy atom. The molecule has 9 nitrogen and oxygen atoms in total. The third-order valence-corrected chi connectivity index (χ3v) is 5.48. The molecule has 1 amide bonds. The van der Waals surface area contributed by atoms with Crippen LogP contribution in [0.2, 0.25) is 5.02 Å². The molecular formula is C23H30ClN5O4S. The van der Waals surface area contributed by atoms with Crippen LogP contribution < -0.4 is 10.5 Å². The average molecular weight is 508 g/mol. The number of hydrogen-bond donors (Lipinski definition) is 1. The topological polar surface area (TPSA) is 130 Å². The Bertz CT molecular complexity index is 1250. The van der Waals surface area contributed by atoms with Gasteiger partial charge in [-0.2, -0.15) is 8.42 Å². The minimum absolute atomic E-state index is 0.0743. The molecule has 0 saturated carbocycles. The summed E-state index contributed by atoms with van der Waals surface area (Å²) < 4.78 is 31.9. The van der Waals surface area contributed by atoms with Crippen LogP contribution in [-0.4, -0.2) is 42.0 Å². The molecule has 0 radical (unpaired) electrons. The van der Waals surface area contributed by atoms with E-state index >= 15 is 0 Å². The number of halogens is 1. The van der Waals surface area contributed by atoms with Gasteiger partial charge in [0, 0.05) is 5.02 Å². The minimum Gasteiger partial charge on any atom is -0.494 e. The molecule has 0 fully saturated rings. The van der Waals surface area contributed by atoms with Gasteiger partial charge in [0.1, 0.15) is 22.8 Å². The van der Waals surface area contributed by atoms with Crippen LogP contribution in [0.1, 0.15) is 61.4 Å². The van der Waals surface area contributed by atoms with Crippen LogP contribution in [0.5, 0.6) is 5.75 Å². The van der Waals surface area contributed by atoms with Crippen LogP contribution in [0.25, 0.3) is 11.2 Å². The van der Waals surface area contributed by atoms with Gasteiger partial charge in [0.2, 0.25) is 0 Å². The number of benzene rings is 1. The molecule has 0 atom stereocenters. The molecule has 0 unspecified atom stereocenters. The van der Waals surface area contributed by atoms with E-state index in [2.05, 4.69) is 28.2 Å². The van der Waals surface area contributed by atoms with Crippen LogP contribution >= 0.6 is 11.6 Å². The molecule has 2 heterocycles. The molecule has 2 N–H and O–H groups in total. The third kappa shape index (κ3) is 7.89. The Hall–Kier alpha value is -2.82. The molecule has 0 aliphatic rings. The zero-order valence-corrected chi connectivity index (χ0v) is 21.2. The number of aromatic nitrogens is 3. The highest BCUT2D eigenvalue weighted by atomic mass is 35.5. The number of carbonyl (C=O) groups excluding carboxylic acids is 1. The maximum Gasteiger partial charge on any atom is 0.319 e. The summed E-state index contributed by atoms with van der Waals surface area (Å²) in [5.74, 6) is 0.464. The molecule has 0 aliphatic heterocycles. The lowest BCUT2D eigenvalue weighted by atomic mass is 10.2. The van der Waals surface area contributed by atoms with Crippen molar-refractivity contribution in [2.45, 2.75) is 53.0 Å². The molecule has 0 bridgehead atoms. The van der Waals surface area contributed by atoms with Gasteiger partial charge in [-0.15, -0.1) is 0 Å². The van der Waals surface area contributed by atoms with Crippen molar-refractivity contribution in [3.63, 3.8) is 0 Å². The van der Waals surface area contributed by atoms with E-state index in [1.165, 1.54) is 6.07 Å². The smallest absolute Gasteiger partial charge is 0.319 e. The van der Waals surface area contributed by atoms with Crippen LogP contribution in [0.4, 0.5) is 0 Å². The second kappa shape index (κ2) is 13.8. The van der Waals surface area contributed by atoms with E-state index in [0.29, 0.717) is 40.9 Å². The van der Waals surface area contributed by atoms with Crippen molar-refractivity contribution in [1.29, 1.82) is 0 Å². The van der Waals surface area contributed by atoms with Gasteiger partial charge in [0.05, 0.1) is 13.2 Å². The van der Waals surface area contributed by atoms with Gasteiger partial charge in [-0.05, 0) is 56.1 Å². The van der Waals surface area contributed by atoms with Gasteiger partial charge in [-0.1, -0.05) is 48.7 Å². The standard InChI is InChI=1S/C20H21ClN4O4S.C3H9N/c1-3-4-5-10-29-15-7-6-14(16(21)11-15)12-25-13(2)22-17-8-9-18(23-19(17)25)20(26)24-30(27)28;1-2-3-4/h6-9,11H,3-5,10,12H2,1-2H3;2-4H2,1H3. The van der Waals surface area contributed by atoms with Gasteiger partial charge in [-0.3, -0.25) is 4.79 Å². The maximum atomic E-state index is 11.9. The highest BCUT2D eigenvalue weighted by molar-refractivity contribution is 7.62. The second-order valence-electron chi connectivity index (χ2n) is 7.50. The number of fused-ring (bicyclic) bond motifs is 1. The summed E-state index contributed by atoms with van der Waals surface area (Å²) in [6, 6.07) is 8.54. The number of nitrogens with two attached hydrogens (primary N) is 1. The van der Waals surface area contributed by atoms with Gasteiger partial charge in [0.15, 0.2) is 5.65 Å². The van der Waals surface area contributed by atoms with Crippen molar-refractivity contribution < 1.29 is 17.9 Å². The van der Waals surface area contributed by atoms with Gasteiger partial charge >= 0.3 is 16.4 Å².